The first-order valence-corrected chi connectivity index (χ1v) is 14.7. The first-order valence-electron chi connectivity index (χ1n) is 9.00. The number of thiophene rings is 3. The molecule has 0 saturated carbocycles. The normalized spacial score (nSPS) is 9.42. The molecule has 0 saturated heterocycles. The summed E-state index contributed by atoms with van der Waals surface area (Å²) in [4.78, 5) is 10.5. The van der Waals surface area contributed by atoms with Crippen LogP contribution in [0.5, 0.6) is 0 Å². The van der Waals surface area contributed by atoms with Gasteiger partial charge in [0, 0.05) is 26.6 Å². The van der Waals surface area contributed by atoms with Crippen LogP contribution in [0.3, 0.4) is 0 Å². The van der Waals surface area contributed by atoms with Crippen molar-refractivity contribution in [2.75, 3.05) is 19.8 Å². The molecule has 11 heteroatoms. The number of carbonyl (C=O) groups excluding carboxylic acids is 1. The Kier molecular flexibility index (Phi) is 22.2. The molecule has 0 spiro atoms. The fourth-order valence-electron chi connectivity index (χ4n) is 2.08. The standard InChI is InChI=1S/C8H8Br2O2S.C6H6Br2OS.C6H8OS.2CH4/c1-5(11)12-3-2-6-4-7(9)13-8(6)10;7-5-3-4(1-2-9)6(8)10-5;7-3-1-6-2-4-8-5-6;;/h4H,2-3H2,1H3;3,9H,1-2H2;2,4-5,7H,1,3H2;2*1H4. The minimum atomic E-state index is -0.231. The first-order chi connectivity index (χ1) is 14.8. The fourth-order valence-corrected chi connectivity index (χ4v) is 8.61. The SMILES string of the molecule is C.C.CC(=O)OCCc1cc(Br)sc1Br.OCCc1cc(Br)sc1Br.OCCc1ccsc1. The van der Waals surface area contributed by atoms with Crippen molar-refractivity contribution in [1.82, 2.24) is 0 Å². The zero-order valence-electron chi connectivity index (χ0n) is 16.6. The summed E-state index contributed by atoms with van der Waals surface area (Å²) in [6.07, 6.45) is 2.27. The second-order valence-corrected chi connectivity index (χ2v) is 14.1. The van der Waals surface area contributed by atoms with Crippen LogP contribution in [0.4, 0.5) is 0 Å². The molecule has 3 heterocycles. The Bertz CT molecular complexity index is 896. The number of esters is 1. The van der Waals surface area contributed by atoms with Crippen LogP contribution in [0.2, 0.25) is 0 Å². The van der Waals surface area contributed by atoms with E-state index >= 15 is 0 Å². The lowest BCUT2D eigenvalue weighted by Crippen LogP contribution is -2.02. The summed E-state index contributed by atoms with van der Waals surface area (Å²) in [7, 11) is 0. The van der Waals surface area contributed by atoms with Crippen molar-refractivity contribution in [2.24, 2.45) is 0 Å². The molecule has 0 fully saturated rings. The highest BCUT2D eigenvalue weighted by Gasteiger charge is 2.05. The van der Waals surface area contributed by atoms with Gasteiger partial charge < -0.3 is 14.9 Å². The third kappa shape index (κ3) is 15.9. The van der Waals surface area contributed by atoms with Gasteiger partial charge in [0.15, 0.2) is 0 Å². The molecule has 0 aromatic carbocycles. The number of rotatable bonds is 7. The van der Waals surface area contributed by atoms with Crippen molar-refractivity contribution >= 4 is 104 Å². The third-order valence-corrected chi connectivity index (χ3v) is 9.15. The molecule has 3 aromatic rings. The smallest absolute Gasteiger partial charge is 0.302 e. The zero-order valence-corrected chi connectivity index (χ0v) is 25.4. The molecule has 0 amide bonds. The van der Waals surface area contributed by atoms with Gasteiger partial charge in [-0.2, -0.15) is 11.3 Å². The maximum absolute atomic E-state index is 10.5. The summed E-state index contributed by atoms with van der Waals surface area (Å²) < 4.78 is 9.21. The van der Waals surface area contributed by atoms with E-state index in [4.69, 9.17) is 14.9 Å². The number of aliphatic hydroxyl groups excluding tert-OH is 2. The van der Waals surface area contributed by atoms with Gasteiger partial charge in [0.25, 0.3) is 0 Å². The highest BCUT2D eigenvalue weighted by molar-refractivity contribution is 9.12. The summed E-state index contributed by atoms with van der Waals surface area (Å²) in [6, 6.07) is 6.07. The van der Waals surface area contributed by atoms with Crippen molar-refractivity contribution in [1.29, 1.82) is 0 Å². The molecule has 4 nitrogen and oxygen atoms in total. The molecule has 0 atom stereocenters. The molecule has 0 aliphatic carbocycles. The molecular formula is C22H30Br4O4S3. The van der Waals surface area contributed by atoms with Crippen LogP contribution in [0.15, 0.2) is 44.1 Å². The maximum atomic E-state index is 10.5. The predicted molar refractivity (Wildman–Crippen MR) is 159 cm³/mol. The summed E-state index contributed by atoms with van der Waals surface area (Å²) in [5.41, 5.74) is 3.56. The van der Waals surface area contributed by atoms with E-state index in [-0.39, 0.29) is 34.0 Å². The van der Waals surface area contributed by atoms with E-state index < -0.39 is 0 Å². The number of aliphatic hydroxyl groups is 2. The van der Waals surface area contributed by atoms with E-state index in [2.05, 4.69) is 69.1 Å². The van der Waals surface area contributed by atoms with Gasteiger partial charge in [0.05, 0.1) is 21.8 Å². The minimum Gasteiger partial charge on any atom is -0.466 e. The molecular weight excluding hydrogens is 744 g/mol. The molecule has 188 valence electrons. The van der Waals surface area contributed by atoms with Crippen molar-refractivity contribution in [3.05, 3.63) is 60.8 Å². The van der Waals surface area contributed by atoms with Crippen LogP contribution in [-0.2, 0) is 28.8 Å². The van der Waals surface area contributed by atoms with E-state index in [1.54, 1.807) is 34.0 Å². The second kappa shape index (κ2) is 20.6. The highest BCUT2D eigenvalue weighted by atomic mass is 79.9. The van der Waals surface area contributed by atoms with Crippen molar-refractivity contribution in [3.63, 3.8) is 0 Å². The number of carbonyl (C=O) groups is 1. The number of halogens is 4. The van der Waals surface area contributed by atoms with Crippen LogP contribution in [0.1, 0.15) is 38.5 Å². The summed E-state index contributed by atoms with van der Waals surface area (Å²) >= 11 is 18.5. The lowest BCUT2D eigenvalue weighted by molar-refractivity contribution is -0.140. The van der Waals surface area contributed by atoms with Crippen LogP contribution >= 0.6 is 97.7 Å². The van der Waals surface area contributed by atoms with Gasteiger partial charge in [0.1, 0.15) is 0 Å². The number of hydrogen-bond acceptors (Lipinski definition) is 7. The van der Waals surface area contributed by atoms with Gasteiger partial charge in [-0.3, -0.25) is 4.79 Å². The average molecular weight is 774 g/mol. The lowest BCUT2D eigenvalue weighted by atomic mass is 10.3. The Labute approximate surface area is 242 Å². The van der Waals surface area contributed by atoms with Gasteiger partial charge >= 0.3 is 5.97 Å². The van der Waals surface area contributed by atoms with Crippen LogP contribution < -0.4 is 0 Å². The summed E-state index contributed by atoms with van der Waals surface area (Å²) in [5.74, 6) is -0.231. The van der Waals surface area contributed by atoms with Gasteiger partial charge in [-0.05, 0) is 122 Å². The summed E-state index contributed by atoms with van der Waals surface area (Å²) in [5, 5.41) is 21.1. The molecule has 3 rings (SSSR count). The van der Waals surface area contributed by atoms with Crippen molar-refractivity contribution in [3.8, 4) is 0 Å². The van der Waals surface area contributed by atoms with Crippen molar-refractivity contribution < 1.29 is 19.7 Å². The Morgan fingerprint density at radius 2 is 1.42 bits per heavy atom. The Hall–Kier alpha value is 0.410. The third-order valence-electron chi connectivity index (χ3n) is 3.49. The Morgan fingerprint density at radius 1 is 0.909 bits per heavy atom. The van der Waals surface area contributed by atoms with E-state index in [0.717, 1.165) is 40.0 Å². The van der Waals surface area contributed by atoms with E-state index in [9.17, 15) is 4.79 Å². The molecule has 0 unspecified atom stereocenters. The van der Waals surface area contributed by atoms with Crippen LogP contribution in [0, 0.1) is 0 Å². The fraction of sp³-hybridized carbons (Fsp3) is 0.409. The average Bonchev–Trinajstić information content (AvgIpc) is 3.39. The monoisotopic (exact) mass is 770 g/mol. The molecule has 0 aliphatic heterocycles. The molecule has 2 N–H and O–H groups in total. The van der Waals surface area contributed by atoms with E-state index in [1.165, 1.54) is 18.1 Å². The van der Waals surface area contributed by atoms with Crippen LogP contribution in [-0.4, -0.2) is 36.0 Å². The van der Waals surface area contributed by atoms with Crippen LogP contribution in [0.25, 0.3) is 0 Å². The molecule has 0 radical (unpaired) electrons. The highest BCUT2D eigenvalue weighted by Crippen LogP contribution is 2.32. The molecule has 0 aliphatic rings. The topological polar surface area (TPSA) is 66.8 Å². The second-order valence-electron chi connectivity index (χ2n) is 5.87. The van der Waals surface area contributed by atoms with E-state index in [1.807, 2.05) is 23.6 Å². The molecule has 0 bridgehead atoms. The number of ether oxygens (including phenoxy) is 1. The van der Waals surface area contributed by atoms with Gasteiger partial charge in [0.2, 0.25) is 0 Å². The largest absolute Gasteiger partial charge is 0.466 e. The van der Waals surface area contributed by atoms with Gasteiger partial charge in [-0.15, -0.1) is 22.7 Å². The maximum Gasteiger partial charge on any atom is 0.302 e. The molecule has 33 heavy (non-hydrogen) atoms. The Morgan fingerprint density at radius 3 is 1.79 bits per heavy atom. The minimum absolute atomic E-state index is 0. The van der Waals surface area contributed by atoms with Gasteiger partial charge in [-0.25, -0.2) is 0 Å². The predicted octanol–water partition coefficient (Wildman–Crippen LogP) is 8.74. The van der Waals surface area contributed by atoms with Crippen molar-refractivity contribution in [2.45, 2.75) is 41.0 Å². The van der Waals surface area contributed by atoms with E-state index in [0.29, 0.717) is 6.61 Å². The molecule has 3 aromatic heterocycles. The number of hydrogen-bond donors (Lipinski definition) is 2. The van der Waals surface area contributed by atoms with Gasteiger partial charge in [-0.1, -0.05) is 14.9 Å². The Balaban J connectivity index is 0. The quantitative estimate of drug-likeness (QED) is 0.236. The lowest BCUT2D eigenvalue weighted by Gasteiger charge is -1.99. The first kappa shape index (κ1) is 35.6. The zero-order chi connectivity index (χ0) is 23.2. The summed E-state index contributed by atoms with van der Waals surface area (Å²) in [6.45, 7) is 2.33.